The third-order valence-electron chi connectivity index (χ3n) is 3.18. The average Bonchev–Trinajstić information content (AvgIpc) is 2.73. The summed E-state index contributed by atoms with van der Waals surface area (Å²) in [6.07, 6.45) is -17.6. The zero-order chi connectivity index (χ0) is 24.8. The molecule has 0 aliphatic carbocycles. The van der Waals surface area contributed by atoms with Crippen LogP contribution in [0.4, 0.5) is 35.1 Å². The van der Waals surface area contributed by atoms with E-state index in [-0.39, 0.29) is 62.0 Å². The molecule has 2 unspecified atom stereocenters. The predicted octanol–water partition coefficient (Wildman–Crippen LogP) is 2.15. The minimum absolute atomic E-state index is 0. The number of alkyl halides is 8. The van der Waals surface area contributed by atoms with E-state index in [0.29, 0.717) is 0 Å². The molecule has 0 aromatic heterocycles. The summed E-state index contributed by atoms with van der Waals surface area (Å²) in [5.74, 6) is -1.56. The van der Waals surface area contributed by atoms with E-state index in [4.69, 9.17) is 4.18 Å². The Balaban J connectivity index is 0.00000578. The summed E-state index contributed by atoms with van der Waals surface area (Å²) in [5.41, 5.74) is 0. The van der Waals surface area contributed by atoms with Crippen molar-refractivity contribution in [2.24, 2.45) is 0 Å². The summed E-state index contributed by atoms with van der Waals surface area (Å²) < 4.78 is 140. The van der Waals surface area contributed by atoms with Gasteiger partial charge in [-0.2, -0.15) is 35.1 Å². The summed E-state index contributed by atoms with van der Waals surface area (Å²) in [5, 5.41) is 0. The van der Waals surface area contributed by atoms with Gasteiger partial charge in [0.05, 0.1) is 4.90 Å². The van der Waals surface area contributed by atoms with Gasteiger partial charge in [-0.1, -0.05) is 0 Å². The first-order valence-corrected chi connectivity index (χ1v) is 10.2. The topological polar surface area (TPSA) is 85.2 Å². The summed E-state index contributed by atoms with van der Waals surface area (Å²) in [4.78, 5) is 2.75. The van der Waals surface area contributed by atoms with Crippen LogP contribution in [-0.4, -0.2) is 33.5 Å². The Labute approximate surface area is 233 Å². The molecule has 0 heterocycles. The molecule has 0 bridgehead atoms. The van der Waals surface area contributed by atoms with E-state index in [1.807, 2.05) is 0 Å². The third kappa shape index (κ3) is 9.65. The fourth-order valence-electron chi connectivity index (χ4n) is 1.78. The summed E-state index contributed by atoms with van der Waals surface area (Å²) >= 11 is -5.05. The van der Waals surface area contributed by atoms with Gasteiger partial charge in [0.1, 0.15) is 28.5 Å². The van der Waals surface area contributed by atoms with Crippen LogP contribution < -0.4 is 65.0 Å². The Morgan fingerprint density at radius 1 is 0.706 bits per heavy atom. The van der Waals surface area contributed by atoms with E-state index in [1.54, 1.807) is 0 Å². The van der Waals surface area contributed by atoms with Crippen LogP contribution in [0.1, 0.15) is 0 Å². The van der Waals surface area contributed by atoms with Gasteiger partial charge < -0.3 is 22.8 Å². The molecule has 0 spiro atoms. The molecule has 0 N–H and O–H groups in total. The Kier molecular flexibility index (Phi) is 12.3. The molecular weight excluding hydrogens is 557 g/mol. The Bertz CT molecular complexity index is 969. The second-order valence-electron chi connectivity index (χ2n) is 5.56. The molecule has 2 aromatic carbocycles. The van der Waals surface area contributed by atoms with Crippen molar-refractivity contribution in [3.05, 3.63) is 53.4 Å². The first-order valence-electron chi connectivity index (χ1n) is 8.11. The molecule has 0 aliphatic heterocycles. The Morgan fingerprint density at radius 2 is 1.09 bits per heavy atom. The fraction of sp³-hybridized carbons (Fsp3) is 0.250. The first kappa shape index (κ1) is 31.2. The smallest absolute Gasteiger partial charge is 0.428 e. The molecule has 2 aromatic rings. The molecule has 34 heavy (non-hydrogen) atoms. The van der Waals surface area contributed by atoms with Crippen LogP contribution in [0, 0.1) is 0 Å². The molecule has 184 valence electrons. The van der Waals surface area contributed by atoms with Gasteiger partial charge in [0, 0.05) is 0 Å². The molecule has 0 fully saturated rings. The van der Waals surface area contributed by atoms with E-state index in [1.165, 1.54) is 0 Å². The van der Waals surface area contributed by atoms with Crippen LogP contribution in [0.15, 0.2) is 53.4 Å². The maximum Gasteiger partial charge on any atom is 1.00 e. The molecule has 7 nitrogen and oxygen atoms in total. The van der Waals surface area contributed by atoms with Gasteiger partial charge in [0.15, 0.2) is 11.1 Å². The van der Waals surface area contributed by atoms with Crippen molar-refractivity contribution in [1.29, 1.82) is 0 Å². The molecule has 0 saturated carbocycles. The van der Waals surface area contributed by atoms with Crippen molar-refractivity contribution in [3.63, 3.8) is 0 Å². The third-order valence-corrected chi connectivity index (χ3v) is 4.67. The van der Waals surface area contributed by atoms with Crippen molar-refractivity contribution in [2.75, 3.05) is 0 Å². The minimum atomic E-state index is -4.74. The predicted molar refractivity (Wildman–Crippen MR) is 95.7 cm³/mol. The Hall–Kier alpha value is -0.864. The van der Waals surface area contributed by atoms with Crippen LogP contribution in [-0.2, 0) is 26.6 Å². The second-order valence-corrected chi connectivity index (χ2v) is 7.40. The van der Waals surface area contributed by atoms with Crippen molar-refractivity contribution in [1.82, 2.24) is 0 Å². The quantitative estimate of drug-likeness (QED) is 0.222. The molecule has 2 atom stereocenters. The fourth-order valence-corrected chi connectivity index (χ4v) is 2.95. The maximum atomic E-state index is 12.8. The molecular formula is C16H10F8KNO6S2. The standard InChI is InChI=1S/C16H10F8NO6S2.K/c17-13(18)15(21,22)28-9-1-3-11(4-2-9)30-33(27)25-31-32(26)12-7-5-10(6-8-12)29-16(23,24)14(19)20;/h1-8,13-14H;/q-1;+1. The van der Waals surface area contributed by atoms with Crippen LogP contribution in [0.2, 0.25) is 0 Å². The van der Waals surface area contributed by atoms with Crippen molar-refractivity contribution in [2.45, 2.75) is 30.0 Å². The zero-order valence-electron chi connectivity index (χ0n) is 16.5. The van der Waals surface area contributed by atoms with E-state index < -0.39 is 58.9 Å². The van der Waals surface area contributed by atoms with Crippen LogP contribution in [0.5, 0.6) is 17.2 Å². The van der Waals surface area contributed by atoms with Crippen LogP contribution in [0.3, 0.4) is 0 Å². The average molecular weight is 567 g/mol. The van der Waals surface area contributed by atoms with Crippen molar-refractivity contribution in [3.8, 4) is 17.2 Å². The maximum absolute atomic E-state index is 12.8. The van der Waals surface area contributed by atoms with E-state index in [0.717, 1.165) is 48.5 Å². The summed E-state index contributed by atoms with van der Waals surface area (Å²) in [6.45, 7) is 0. The number of halogens is 8. The monoisotopic (exact) mass is 567 g/mol. The molecule has 0 aliphatic rings. The van der Waals surface area contributed by atoms with Gasteiger partial charge in [0.25, 0.3) is 0 Å². The van der Waals surface area contributed by atoms with Gasteiger partial charge in [-0.05, 0) is 48.5 Å². The first-order chi connectivity index (χ1) is 15.3. The van der Waals surface area contributed by atoms with Gasteiger partial charge in [0.2, 0.25) is 0 Å². The van der Waals surface area contributed by atoms with Crippen molar-refractivity contribution < 1.29 is 113 Å². The van der Waals surface area contributed by atoms with Crippen LogP contribution >= 0.6 is 0 Å². The number of benzene rings is 2. The molecule has 0 radical (unpaired) electrons. The van der Waals surface area contributed by atoms with E-state index >= 15 is 0 Å². The number of hydrogen-bond donors (Lipinski definition) is 0. The van der Waals surface area contributed by atoms with Gasteiger partial charge >= 0.3 is 76.5 Å². The molecule has 0 saturated heterocycles. The Morgan fingerprint density at radius 3 is 1.50 bits per heavy atom. The number of nitrogens with zero attached hydrogens (tertiary/aromatic N) is 1. The van der Waals surface area contributed by atoms with E-state index in [2.05, 4.69) is 18.6 Å². The molecule has 18 heteroatoms. The normalized spacial score (nSPS) is 13.8. The second kappa shape index (κ2) is 13.4. The number of ether oxygens (including phenoxy) is 2. The largest absolute Gasteiger partial charge is 1.00 e. The molecule has 0 amide bonds. The van der Waals surface area contributed by atoms with Gasteiger partial charge in [-0.3, -0.25) is 0 Å². The van der Waals surface area contributed by atoms with E-state index in [9.17, 15) is 43.5 Å². The zero-order valence-corrected chi connectivity index (χ0v) is 21.3. The number of rotatable bonds is 12. The van der Waals surface area contributed by atoms with Gasteiger partial charge in [-0.15, -0.1) is 0 Å². The van der Waals surface area contributed by atoms with Crippen LogP contribution in [0.25, 0.3) is 4.89 Å². The summed E-state index contributed by atoms with van der Waals surface area (Å²) in [6, 6.07) is 6.89. The minimum Gasteiger partial charge on any atom is -0.428 e. The number of hydrogen-bond acceptors (Lipinski definition) is 6. The molecule has 2 rings (SSSR count). The summed E-state index contributed by atoms with van der Waals surface area (Å²) in [7, 11) is 0. The SMILES string of the molecule is O=S([N-]OS(=O)c1ccc(OC(F)(F)C(F)F)cc1)Oc1ccc(OC(F)(F)C(F)F)cc1.[K+]. The van der Waals surface area contributed by atoms with Crippen molar-refractivity contribution >= 4 is 22.3 Å². The van der Waals surface area contributed by atoms with Gasteiger partial charge in [-0.25, -0.2) is 8.42 Å².